The van der Waals surface area contributed by atoms with Crippen LogP contribution >= 0.6 is 35.0 Å². The van der Waals surface area contributed by atoms with Crippen LogP contribution in [0.5, 0.6) is 0 Å². The predicted octanol–water partition coefficient (Wildman–Crippen LogP) is 4.28. The molecule has 0 unspecified atom stereocenters. The molecular formula is C15H16Cl2N2OS. The van der Waals surface area contributed by atoms with E-state index in [0.717, 1.165) is 33.6 Å². The Hall–Kier alpha value is -0.780. The molecule has 1 heterocycles. The summed E-state index contributed by atoms with van der Waals surface area (Å²) in [6.45, 7) is 2.20. The summed E-state index contributed by atoms with van der Waals surface area (Å²) < 4.78 is 4.99. The lowest BCUT2D eigenvalue weighted by Gasteiger charge is -2.08. The topological polar surface area (TPSA) is 34.1 Å². The van der Waals surface area contributed by atoms with E-state index in [0.29, 0.717) is 11.6 Å². The summed E-state index contributed by atoms with van der Waals surface area (Å²) in [5.74, 6) is 0. The van der Waals surface area contributed by atoms with Crippen LogP contribution in [0.15, 0.2) is 46.5 Å². The molecule has 0 spiro atoms. The first kappa shape index (κ1) is 16.6. The van der Waals surface area contributed by atoms with Crippen molar-refractivity contribution in [2.75, 3.05) is 20.3 Å². The van der Waals surface area contributed by atoms with E-state index >= 15 is 0 Å². The van der Waals surface area contributed by atoms with Gasteiger partial charge in [0.25, 0.3) is 0 Å². The third-order valence-electron chi connectivity index (χ3n) is 2.76. The van der Waals surface area contributed by atoms with E-state index in [4.69, 9.17) is 27.9 Å². The van der Waals surface area contributed by atoms with Gasteiger partial charge in [0.05, 0.1) is 11.6 Å². The molecule has 0 fully saturated rings. The molecule has 1 N–H and O–H groups in total. The van der Waals surface area contributed by atoms with Crippen LogP contribution in [0.3, 0.4) is 0 Å². The summed E-state index contributed by atoms with van der Waals surface area (Å²) in [4.78, 5) is 5.27. The maximum atomic E-state index is 6.31. The number of hydrogen-bond donors (Lipinski definition) is 1. The van der Waals surface area contributed by atoms with E-state index in [1.54, 1.807) is 13.3 Å². The summed E-state index contributed by atoms with van der Waals surface area (Å²) in [6, 6.07) is 9.61. The van der Waals surface area contributed by atoms with Gasteiger partial charge in [-0.05, 0) is 29.8 Å². The van der Waals surface area contributed by atoms with E-state index in [1.807, 2.05) is 30.3 Å². The van der Waals surface area contributed by atoms with E-state index in [2.05, 4.69) is 10.3 Å². The second-order valence-electron chi connectivity index (χ2n) is 4.32. The highest BCUT2D eigenvalue weighted by molar-refractivity contribution is 7.99. The van der Waals surface area contributed by atoms with Crippen LogP contribution in [0.4, 0.5) is 0 Å². The van der Waals surface area contributed by atoms with Crippen molar-refractivity contribution in [2.45, 2.75) is 16.5 Å². The molecule has 0 aliphatic heterocycles. The van der Waals surface area contributed by atoms with Gasteiger partial charge in [0, 0.05) is 36.3 Å². The molecule has 3 nitrogen and oxygen atoms in total. The number of aromatic nitrogens is 1. The minimum Gasteiger partial charge on any atom is -0.383 e. The molecule has 6 heteroatoms. The van der Waals surface area contributed by atoms with Gasteiger partial charge in [0.15, 0.2) is 0 Å². The predicted molar refractivity (Wildman–Crippen MR) is 88.4 cm³/mol. The third kappa shape index (κ3) is 5.16. The molecule has 0 saturated heterocycles. The summed E-state index contributed by atoms with van der Waals surface area (Å²) >= 11 is 13.9. The van der Waals surface area contributed by atoms with Crippen molar-refractivity contribution < 1.29 is 4.74 Å². The quantitative estimate of drug-likeness (QED) is 0.761. The van der Waals surface area contributed by atoms with E-state index in [-0.39, 0.29) is 0 Å². The van der Waals surface area contributed by atoms with Gasteiger partial charge < -0.3 is 10.1 Å². The molecule has 0 atom stereocenters. The van der Waals surface area contributed by atoms with Crippen LogP contribution < -0.4 is 5.32 Å². The second kappa shape index (κ2) is 8.61. The van der Waals surface area contributed by atoms with Gasteiger partial charge in [-0.15, -0.1) is 0 Å². The standard InChI is InChI=1S/C15H16Cl2N2OS/c1-20-8-7-18-10-11-4-5-12(9-14(11)17)21-15-13(16)3-2-6-19-15/h2-6,9,18H,7-8,10H2,1H3. The van der Waals surface area contributed by atoms with Crippen LogP contribution in [0.2, 0.25) is 10.0 Å². The zero-order valence-corrected chi connectivity index (χ0v) is 13.9. The minimum atomic E-state index is 0.643. The van der Waals surface area contributed by atoms with Crippen molar-refractivity contribution in [1.82, 2.24) is 10.3 Å². The lowest BCUT2D eigenvalue weighted by atomic mass is 10.2. The fraction of sp³-hybridized carbons (Fsp3) is 0.267. The van der Waals surface area contributed by atoms with Gasteiger partial charge in [0.2, 0.25) is 0 Å². The molecule has 2 aromatic rings. The number of nitrogens with one attached hydrogen (secondary N) is 1. The monoisotopic (exact) mass is 342 g/mol. The summed E-state index contributed by atoms with van der Waals surface area (Å²) in [5, 5.41) is 5.43. The Balaban J connectivity index is 2.00. The highest BCUT2D eigenvalue weighted by Gasteiger charge is 2.06. The Labute approximate surface area is 139 Å². The van der Waals surface area contributed by atoms with Crippen LogP contribution in [0.25, 0.3) is 0 Å². The Morgan fingerprint density at radius 2 is 2.10 bits per heavy atom. The Kier molecular flexibility index (Phi) is 6.80. The van der Waals surface area contributed by atoms with Gasteiger partial charge in [-0.25, -0.2) is 4.98 Å². The lowest BCUT2D eigenvalue weighted by molar-refractivity contribution is 0.199. The number of nitrogens with zero attached hydrogens (tertiary/aromatic N) is 1. The average Bonchev–Trinajstić information content (AvgIpc) is 2.48. The van der Waals surface area contributed by atoms with Crippen LogP contribution in [-0.4, -0.2) is 25.2 Å². The van der Waals surface area contributed by atoms with Gasteiger partial charge >= 0.3 is 0 Å². The van der Waals surface area contributed by atoms with Crippen molar-refractivity contribution in [2.24, 2.45) is 0 Å². The maximum Gasteiger partial charge on any atom is 0.119 e. The molecule has 0 saturated carbocycles. The molecule has 0 amide bonds. The third-order valence-corrected chi connectivity index (χ3v) is 4.54. The van der Waals surface area contributed by atoms with E-state index < -0.39 is 0 Å². The van der Waals surface area contributed by atoms with Gasteiger partial charge in [-0.1, -0.05) is 41.0 Å². The molecule has 2 rings (SSSR count). The summed E-state index contributed by atoms with van der Waals surface area (Å²) in [7, 11) is 1.68. The number of hydrogen-bond acceptors (Lipinski definition) is 4. The number of methoxy groups -OCH3 is 1. The highest BCUT2D eigenvalue weighted by atomic mass is 35.5. The first-order chi connectivity index (χ1) is 10.2. The molecular weight excluding hydrogens is 327 g/mol. The van der Waals surface area contributed by atoms with Crippen molar-refractivity contribution in [3.8, 4) is 0 Å². The number of pyridine rings is 1. The first-order valence-corrected chi connectivity index (χ1v) is 8.04. The maximum absolute atomic E-state index is 6.31. The van der Waals surface area contributed by atoms with E-state index in [1.165, 1.54) is 11.8 Å². The number of benzene rings is 1. The molecule has 0 bridgehead atoms. The molecule has 1 aromatic carbocycles. The first-order valence-electron chi connectivity index (χ1n) is 6.47. The summed E-state index contributed by atoms with van der Waals surface area (Å²) in [5.41, 5.74) is 1.06. The Morgan fingerprint density at radius 1 is 1.24 bits per heavy atom. The fourth-order valence-corrected chi connectivity index (χ4v) is 3.05. The van der Waals surface area contributed by atoms with Crippen molar-refractivity contribution in [3.63, 3.8) is 0 Å². The molecule has 0 aliphatic carbocycles. The number of ether oxygens (including phenoxy) is 1. The highest BCUT2D eigenvalue weighted by Crippen LogP contribution is 2.33. The largest absolute Gasteiger partial charge is 0.383 e. The van der Waals surface area contributed by atoms with Crippen LogP contribution in [0.1, 0.15) is 5.56 Å². The Bertz CT molecular complexity index is 596. The molecule has 112 valence electrons. The SMILES string of the molecule is COCCNCc1ccc(Sc2ncccc2Cl)cc1Cl. The van der Waals surface area contributed by atoms with Crippen LogP contribution in [-0.2, 0) is 11.3 Å². The normalized spacial score (nSPS) is 10.8. The smallest absolute Gasteiger partial charge is 0.119 e. The van der Waals surface area contributed by atoms with Crippen LogP contribution in [0, 0.1) is 0 Å². The summed E-state index contributed by atoms with van der Waals surface area (Å²) in [6.07, 6.45) is 1.73. The Morgan fingerprint density at radius 3 is 2.81 bits per heavy atom. The van der Waals surface area contributed by atoms with Crippen molar-refractivity contribution >= 4 is 35.0 Å². The zero-order chi connectivity index (χ0) is 15.1. The van der Waals surface area contributed by atoms with Gasteiger partial charge in [-0.2, -0.15) is 0 Å². The van der Waals surface area contributed by atoms with Gasteiger partial charge in [-0.3, -0.25) is 0 Å². The molecule has 0 aliphatic rings. The number of halogens is 2. The molecule has 21 heavy (non-hydrogen) atoms. The zero-order valence-electron chi connectivity index (χ0n) is 11.6. The number of rotatable bonds is 7. The van der Waals surface area contributed by atoms with E-state index in [9.17, 15) is 0 Å². The average molecular weight is 343 g/mol. The second-order valence-corrected chi connectivity index (χ2v) is 6.19. The lowest BCUT2D eigenvalue weighted by Crippen LogP contribution is -2.18. The van der Waals surface area contributed by atoms with Crippen molar-refractivity contribution in [3.05, 3.63) is 52.1 Å². The van der Waals surface area contributed by atoms with Crippen molar-refractivity contribution in [1.29, 1.82) is 0 Å². The minimum absolute atomic E-state index is 0.643. The fourth-order valence-electron chi connectivity index (χ4n) is 1.69. The molecule has 0 radical (unpaired) electrons. The molecule has 1 aromatic heterocycles. The van der Waals surface area contributed by atoms with Gasteiger partial charge in [0.1, 0.15) is 5.03 Å².